The van der Waals surface area contributed by atoms with Crippen molar-refractivity contribution in [1.29, 1.82) is 0 Å². The molecule has 0 aliphatic heterocycles. The number of rotatable bonds is 2. The third kappa shape index (κ3) is 2.03. The molecule has 0 fully saturated rings. The maximum Gasteiger partial charge on any atom is 0.160 e. The molecule has 0 amide bonds. The summed E-state index contributed by atoms with van der Waals surface area (Å²) in [6.45, 7) is 2.35. The molecular formula is C15H12F3N3. The fraction of sp³-hybridized carbons (Fsp3) is 0.133. The quantitative estimate of drug-likeness (QED) is 0.731. The molecule has 0 saturated carbocycles. The van der Waals surface area contributed by atoms with Crippen molar-refractivity contribution in [3.8, 4) is 11.4 Å². The zero-order valence-electron chi connectivity index (χ0n) is 11.2. The number of fused-ring (bicyclic) bond motifs is 1. The van der Waals surface area contributed by atoms with Gasteiger partial charge in [-0.3, -0.25) is 0 Å². The van der Waals surface area contributed by atoms with E-state index in [0.717, 1.165) is 12.1 Å². The second kappa shape index (κ2) is 4.80. The Hall–Kier alpha value is -2.50. The number of para-hydroxylation sites is 1. The molecule has 3 rings (SSSR count). The Morgan fingerprint density at radius 3 is 2.52 bits per heavy atom. The first-order valence-corrected chi connectivity index (χ1v) is 6.42. The van der Waals surface area contributed by atoms with Gasteiger partial charge in [0.05, 0.1) is 5.52 Å². The van der Waals surface area contributed by atoms with E-state index < -0.39 is 17.5 Å². The van der Waals surface area contributed by atoms with Crippen LogP contribution < -0.4 is 5.73 Å². The molecule has 2 N–H and O–H groups in total. The van der Waals surface area contributed by atoms with E-state index in [1.54, 1.807) is 16.7 Å². The molecule has 1 heterocycles. The number of halogens is 3. The number of imidazole rings is 1. The van der Waals surface area contributed by atoms with Crippen LogP contribution in [0.1, 0.15) is 6.92 Å². The van der Waals surface area contributed by atoms with Crippen LogP contribution in [-0.2, 0) is 6.54 Å². The standard InChI is InChI=1S/C15H12F3N3/c1-2-21-13-5-3-4-9(16)14(13)20-15(21)8-6-10(17)11(18)7-12(8)19/h3-7H,2,19H2,1H3. The maximum atomic E-state index is 13.8. The van der Waals surface area contributed by atoms with Crippen LogP contribution in [0.3, 0.4) is 0 Å². The third-order valence-electron chi connectivity index (χ3n) is 3.38. The molecule has 3 aromatic rings. The van der Waals surface area contributed by atoms with E-state index in [9.17, 15) is 13.2 Å². The summed E-state index contributed by atoms with van der Waals surface area (Å²) in [5.74, 6) is -2.20. The van der Waals surface area contributed by atoms with Crippen molar-refractivity contribution in [2.24, 2.45) is 0 Å². The van der Waals surface area contributed by atoms with E-state index in [-0.39, 0.29) is 16.8 Å². The SMILES string of the molecule is CCn1c(-c2cc(F)c(F)cc2N)nc2c(F)cccc21. The summed E-state index contributed by atoms with van der Waals surface area (Å²) in [4.78, 5) is 4.20. The van der Waals surface area contributed by atoms with Crippen LogP contribution in [0.25, 0.3) is 22.4 Å². The number of nitrogens with two attached hydrogens (primary N) is 1. The summed E-state index contributed by atoms with van der Waals surface area (Å²) in [6, 6.07) is 6.47. The van der Waals surface area contributed by atoms with Crippen LogP contribution in [0.2, 0.25) is 0 Å². The van der Waals surface area contributed by atoms with Crippen LogP contribution in [0.15, 0.2) is 30.3 Å². The van der Waals surface area contributed by atoms with Crippen molar-refractivity contribution in [2.45, 2.75) is 13.5 Å². The van der Waals surface area contributed by atoms with Crippen molar-refractivity contribution < 1.29 is 13.2 Å². The van der Waals surface area contributed by atoms with Gasteiger partial charge in [0.1, 0.15) is 11.3 Å². The molecule has 0 aliphatic rings. The van der Waals surface area contributed by atoms with E-state index in [0.29, 0.717) is 17.9 Å². The Kier molecular flexibility index (Phi) is 3.08. The van der Waals surface area contributed by atoms with Crippen molar-refractivity contribution >= 4 is 16.7 Å². The van der Waals surface area contributed by atoms with E-state index in [2.05, 4.69) is 4.98 Å². The predicted molar refractivity (Wildman–Crippen MR) is 75.1 cm³/mol. The number of aryl methyl sites for hydroxylation is 1. The summed E-state index contributed by atoms with van der Waals surface area (Å²) < 4.78 is 42.2. The van der Waals surface area contributed by atoms with Gasteiger partial charge < -0.3 is 10.3 Å². The molecule has 0 radical (unpaired) electrons. The lowest BCUT2D eigenvalue weighted by molar-refractivity contribution is 0.509. The average Bonchev–Trinajstić information content (AvgIpc) is 2.82. The minimum atomic E-state index is -1.03. The van der Waals surface area contributed by atoms with Gasteiger partial charge in [-0.15, -0.1) is 0 Å². The number of nitrogen functional groups attached to an aromatic ring is 1. The first-order chi connectivity index (χ1) is 10.0. The number of anilines is 1. The Morgan fingerprint density at radius 1 is 1.10 bits per heavy atom. The van der Waals surface area contributed by atoms with Gasteiger partial charge in [0.25, 0.3) is 0 Å². The predicted octanol–water partition coefficient (Wildman–Crippen LogP) is 3.72. The molecule has 0 aliphatic carbocycles. The van der Waals surface area contributed by atoms with E-state index >= 15 is 0 Å². The van der Waals surface area contributed by atoms with Gasteiger partial charge in [0.2, 0.25) is 0 Å². The highest BCUT2D eigenvalue weighted by Crippen LogP contribution is 2.31. The normalized spacial score (nSPS) is 11.2. The Morgan fingerprint density at radius 2 is 1.81 bits per heavy atom. The Labute approximate surface area is 118 Å². The van der Waals surface area contributed by atoms with Crippen molar-refractivity contribution in [3.05, 3.63) is 47.8 Å². The molecule has 0 saturated heterocycles. The lowest BCUT2D eigenvalue weighted by Crippen LogP contribution is -2.01. The fourth-order valence-corrected chi connectivity index (χ4v) is 2.39. The highest BCUT2D eigenvalue weighted by atomic mass is 19.2. The molecule has 1 aromatic heterocycles. The smallest absolute Gasteiger partial charge is 0.160 e. The van der Waals surface area contributed by atoms with Gasteiger partial charge in [-0.05, 0) is 25.1 Å². The third-order valence-corrected chi connectivity index (χ3v) is 3.38. The number of aromatic nitrogens is 2. The van der Waals surface area contributed by atoms with Crippen LogP contribution in [0.5, 0.6) is 0 Å². The van der Waals surface area contributed by atoms with Crippen molar-refractivity contribution in [2.75, 3.05) is 5.73 Å². The van der Waals surface area contributed by atoms with Crippen molar-refractivity contribution in [1.82, 2.24) is 9.55 Å². The van der Waals surface area contributed by atoms with E-state index in [1.165, 1.54) is 6.07 Å². The average molecular weight is 291 g/mol. The lowest BCUT2D eigenvalue weighted by Gasteiger charge is -2.09. The topological polar surface area (TPSA) is 43.8 Å². The van der Waals surface area contributed by atoms with Gasteiger partial charge in [-0.25, -0.2) is 18.2 Å². The largest absolute Gasteiger partial charge is 0.398 e. The molecular weight excluding hydrogens is 279 g/mol. The maximum absolute atomic E-state index is 13.8. The molecule has 21 heavy (non-hydrogen) atoms. The van der Waals surface area contributed by atoms with Gasteiger partial charge in [0, 0.05) is 23.9 Å². The molecule has 0 spiro atoms. The Bertz CT molecular complexity index is 840. The summed E-state index contributed by atoms with van der Waals surface area (Å²) in [6.07, 6.45) is 0. The molecule has 0 unspecified atom stereocenters. The van der Waals surface area contributed by atoms with E-state index in [1.807, 2.05) is 6.92 Å². The number of benzene rings is 2. The second-order valence-corrected chi connectivity index (χ2v) is 4.64. The molecule has 3 nitrogen and oxygen atoms in total. The van der Waals surface area contributed by atoms with Crippen LogP contribution in [0.4, 0.5) is 18.9 Å². The van der Waals surface area contributed by atoms with Crippen molar-refractivity contribution in [3.63, 3.8) is 0 Å². The first kappa shape index (κ1) is 13.5. The van der Waals surface area contributed by atoms with Gasteiger partial charge in [-0.2, -0.15) is 0 Å². The van der Waals surface area contributed by atoms with Gasteiger partial charge >= 0.3 is 0 Å². The van der Waals surface area contributed by atoms with Gasteiger partial charge in [0.15, 0.2) is 17.5 Å². The van der Waals surface area contributed by atoms with Gasteiger partial charge in [-0.1, -0.05) is 6.07 Å². The van der Waals surface area contributed by atoms with Crippen LogP contribution >= 0.6 is 0 Å². The molecule has 0 bridgehead atoms. The minimum absolute atomic E-state index is 0.0549. The summed E-state index contributed by atoms with van der Waals surface area (Å²) in [5, 5.41) is 0. The zero-order chi connectivity index (χ0) is 15.1. The summed E-state index contributed by atoms with van der Waals surface area (Å²) in [5.41, 5.74) is 6.81. The fourth-order valence-electron chi connectivity index (χ4n) is 2.39. The number of hydrogen-bond acceptors (Lipinski definition) is 2. The molecule has 108 valence electrons. The minimum Gasteiger partial charge on any atom is -0.398 e. The molecule has 6 heteroatoms. The van der Waals surface area contributed by atoms with Crippen LogP contribution in [-0.4, -0.2) is 9.55 Å². The molecule has 2 aromatic carbocycles. The molecule has 0 atom stereocenters. The highest BCUT2D eigenvalue weighted by Gasteiger charge is 2.18. The Balaban J connectivity index is 2.35. The van der Waals surface area contributed by atoms with Crippen LogP contribution in [0, 0.1) is 17.5 Å². The highest BCUT2D eigenvalue weighted by molar-refractivity contribution is 5.84. The first-order valence-electron chi connectivity index (χ1n) is 6.42. The number of nitrogens with zero attached hydrogens (tertiary/aromatic N) is 2. The second-order valence-electron chi connectivity index (χ2n) is 4.64. The number of hydrogen-bond donors (Lipinski definition) is 1. The van der Waals surface area contributed by atoms with E-state index in [4.69, 9.17) is 5.73 Å². The monoisotopic (exact) mass is 291 g/mol. The lowest BCUT2D eigenvalue weighted by atomic mass is 10.1. The summed E-state index contributed by atoms with van der Waals surface area (Å²) in [7, 11) is 0. The zero-order valence-corrected chi connectivity index (χ0v) is 11.2. The summed E-state index contributed by atoms with van der Waals surface area (Å²) >= 11 is 0.